The van der Waals surface area contributed by atoms with E-state index in [4.69, 9.17) is 4.74 Å². The number of hydrogen-bond donors (Lipinski definition) is 3. The van der Waals surface area contributed by atoms with E-state index in [0.29, 0.717) is 23.8 Å². The van der Waals surface area contributed by atoms with Crippen LogP contribution in [-0.4, -0.2) is 48.2 Å². The van der Waals surface area contributed by atoms with Gasteiger partial charge in [0.25, 0.3) is 0 Å². The SMILES string of the molecule is C.O=C(N[C@@H](CC1CC1)B(O)O)[C@H](Cc1ccccc1)CS(=O)(=O)c1ccc(Oc2cccnc2)cc1. The molecule has 0 radical (unpaired) electrons. The fraction of sp³-hybridized carbons (Fsp3) is 0.333. The number of aromatic nitrogens is 1. The highest BCUT2D eigenvalue weighted by Gasteiger charge is 2.35. The van der Waals surface area contributed by atoms with Crippen LogP contribution in [0.15, 0.2) is 84.0 Å². The first-order valence-electron chi connectivity index (χ1n) is 11.9. The minimum Gasteiger partial charge on any atom is -0.456 e. The molecule has 0 spiro atoms. The third-order valence-electron chi connectivity index (χ3n) is 6.14. The second-order valence-electron chi connectivity index (χ2n) is 9.14. The number of nitrogens with one attached hydrogen (secondary N) is 1. The molecule has 1 amide bonds. The number of benzene rings is 2. The lowest BCUT2D eigenvalue weighted by Gasteiger charge is -2.22. The van der Waals surface area contributed by atoms with Gasteiger partial charge in [-0.05, 0) is 60.7 Å². The molecule has 1 fully saturated rings. The van der Waals surface area contributed by atoms with Crippen molar-refractivity contribution in [1.29, 1.82) is 0 Å². The van der Waals surface area contributed by atoms with E-state index in [1.807, 2.05) is 30.3 Å². The zero-order chi connectivity index (χ0) is 25.5. The third kappa shape index (κ3) is 8.41. The zero-order valence-corrected chi connectivity index (χ0v) is 20.5. The highest BCUT2D eigenvalue weighted by Crippen LogP contribution is 2.34. The number of sulfone groups is 1. The number of rotatable bonds is 12. The number of hydrogen-bond acceptors (Lipinski definition) is 7. The van der Waals surface area contributed by atoms with Gasteiger partial charge in [-0.1, -0.05) is 50.6 Å². The fourth-order valence-corrected chi connectivity index (χ4v) is 5.56. The van der Waals surface area contributed by atoms with Crippen LogP contribution in [0, 0.1) is 11.8 Å². The summed E-state index contributed by atoms with van der Waals surface area (Å²) in [6.45, 7) is 0. The molecule has 3 aromatic rings. The Hall–Kier alpha value is -3.21. The summed E-state index contributed by atoms with van der Waals surface area (Å²) in [5, 5.41) is 22.2. The molecule has 0 aliphatic heterocycles. The monoisotopic (exact) mass is 524 g/mol. The van der Waals surface area contributed by atoms with Crippen LogP contribution < -0.4 is 10.1 Å². The van der Waals surface area contributed by atoms with Gasteiger partial charge in [-0.25, -0.2) is 8.42 Å². The van der Waals surface area contributed by atoms with Gasteiger partial charge in [0, 0.05) is 6.20 Å². The van der Waals surface area contributed by atoms with Gasteiger partial charge in [0.05, 0.1) is 28.7 Å². The van der Waals surface area contributed by atoms with Gasteiger partial charge < -0.3 is 20.1 Å². The van der Waals surface area contributed by atoms with Gasteiger partial charge >= 0.3 is 7.12 Å². The minimum atomic E-state index is -3.83. The highest BCUT2D eigenvalue weighted by molar-refractivity contribution is 7.91. The lowest BCUT2D eigenvalue weighted by molar-refractivity contribution is -0.124. The quantitative estimate of drug-likeness (QED) is 0.310. The maximum atomic E-state index is 13.3. The van der Waals surface area contributed by atoms with Crippen LogP contribution in [-0.2, 0) is 21.1 Å². The summed E-state index contributed by atoms with van der Waals surface area (Å²) >= 11 is 0. The molecular weight excluding hydrogens is 491 g/mol. The van der Waals surface area contributed by atoms with Crippen LogP contribution >= 0.6 is 0 Å². The second-order valence-corrected chi connectivity index (χ2v) is 11.2. The van der Waals surface area contributed by atoms with E-state index < -0.39 is 40.5 Å². The molecule has 1 aliphatic rings. The van der Waals surface area contributed by atoms with E-state index in [2.05, 4.69) is 10.3 Å². The van der Waals surface area contributed by atoms with Gasteiger partial charge in [0.15, 0.2) is 9.84 Å². The van der Waals surface area contributed by atoms with E-state index in [1.165, 1.54) is 12.1 Å². The molecule has 1 aliphatic carbocycles. The largest absolute Gasteiger partial charge is 0.475 e. The van der Waals surface area contributed by atoms with Crippen molar-refractivity contribution in [2.75, 3.05) is 5.75 Å². The number of ether oxygens (including phenoxy) is 1. The Morgan fingerprint density at radius 2 is 1.73 bits per heavy atom. The maximum absolute atomic E-state index is 13.3. The summed E-state index contributed by atoms with van der Waals surface area (Å²) in [6, 6.07) is 18.7. The van der Waals surface area contributed by atoms with Gasteiger partial charge in [0.1, 0.15) is 11.5 Å². The molecule has 0 bridgehead atoms. The Kier molecular flexibility index (Phi) is 9.85. The van der Waals surface area contributed by atoms with Gasteiger partial charge in [0.2, 0.25) is 5.91 Å². The summed E-state index contributed by atoms with van der Waals surface area (Å²) in [7, 11) is -5.55. The number of pyridine rings is 1. The van der Waals surface area contributed by atoms with E-state index >= 15 is 0 Å². The summed E-state index contributed by atoms with van der Waals surface area (Å²) in [4.78, 5) is 17.3. The molecule has 3 N–H and O–H groups in total. The molecule has 196 valence electrons. The van der Waals surface area contributed by atoms with E-state index in [1.54, 1.807) is 36.7 Å². The van der Waals surface area contributed by atoms with Gasteiger partial charge in [-0.15, -0.1) is 0 Å². The maximum Gasteiger partial charge on any atom is 0.475 e. The van der Waals surface area contributed by atoms with Crippen molar-refractivity contribution in [1.82, 2.24) is 10.3 Å². The lowest BCUT2D eigenvalue weighted by atomic mass is 9.76. The fourth-order valence-electron chi connectivity index (χ4n) is 4.01. The second kappa shape index (κ2) is 12.8. The first kappa shape index (κ1) is 28.4. The standard InChI is InChI=1S/C26H29BN2O6S.CH4/c30-26(29-25(27(31)32)16-20-8-9-20)21(15-19-5-2-1-3-6-19)18-36(33,34)24-12-10-22(11-13-24)35-23-7-4-14-28-17-23;/h1-7,10-14,17,20-21,25,31-32H,8-9,15-16,18H2,(H,29,30);1H4/t21-,25+;/m1./s1. The van der Waals surface area contributed by atoms with E-state index in [0.717, 1.165) is 18.4 Å². The normalized spacial score (nSPS) is 14.6. The number of carbonyl (C=O) groups is 1. The summed E-state index contributed by atoms with van der Waals surface area (Å²) in [5.41, 5.74) is 0.816. The van der Waals surface area contributed by atoms with Crippen molar-refractivity contribution >= 4 is 22.9 Å². The van der Waals surface area contributed by atoms with Crippen LogP contribution in [0.2, 0.25) is 0 Å². The molecule has 10 heteroatoms. The first-order chi connectivity index (χ1) is 17.3. The average molecular weight is 524 g/mol. The predicted molar refractivity (Wildman–Crippen MR) is 143 cm³/mol. The van der Waals surface area contributed by atoms with Crippen LogP contribution in [0.3, 0.4) is 0 Å². The summed E-state index contributed by atoms with van der Waals surface area (Å²) < 4.78 is 32.2. The number of carbonyl (C=O) groups excluding carboxylic acids is 1. The number of amides is 1. The zero-order valence-electron chi connectivity index (χ0n) is 19.7. The predicted octanol–water partition coefficient (Wildman–Crippen LogP) is 3.44. The molecule has 8 nitrogen and oxygen atoms in total. The molecule has 1 aromatic heterocycles. The lowest BCUT2D eigenvalue weighted by Crippen LogP contribution is -2.50. The summed E-state index contributed by atoms with van der Waals surface area (Å²) in [5.74, 6) is -1.36. The third-order valence-corrected chi connectivity index (χ3v) is 7.97. The Morgan fingerprint density at radius 1 is 1.03 bits per heavy atom. The molecule has 4 rings (SSSR count). The smallest absolute Gasteiger partial charge is 0.456 e. The Morgan fingerprint density at radius 3 is 2.32 bits per heavy atom. The van der Waals surface area contributed by atoms with Crippen LogP contribution in [0.25, 0.3) is 0 Å². The molecule has 2 aromatic carbocycles. The van der Waals surface area contributed by atoms with Crippen molar-refractivity contribution in [3.8, 4) is 11.5 Å². The molecular formula is C27H33BN2O6S. The van der Waals surface area contributed by atoms with E-state index in [-0.39, 0.29) is 18.7 Å². The molecule has 0 saturated heterocycles. The van der Waals surface area contributed by atoms with Crippen molar-refractivity contribution in [2.24, 2.45) is 11.8 Å². The number of nitrogens with zero attached hydrogens (tertiary/aromatic N) is 1. The van der Waals surface area contributed by atoms with Crippen molar-refractivity contribution in [2.45, 2.75) is 43.9 Å². The van der Waals surface area contributed by atoms with Crippen LogP contribution in [0.5, 0.6) is 11.5 Å². The van der Waals surface area contributed by atoms with Crippen LogP contribution in [0.4, 0.5) is 0 Å². The Labute approximate surface area is 218 Å². The molecule has 0 unspecified atom stereocenters. The molecule has 37 heavy (non-hydrogen) atoms. The Bertz CT molecular complexity index is 1240. The van der Waals surface area contributed by atoms with Crippen LogP contribution in [0.1, 0.15) is 32.3 Å². The van der Waals surface area contributed by atoms with Crippen molar-refractivity contribution in [3.63, 3.8) is 0 Å². The van der Waals surface area contributed by atoms with Crippen molar-refractivity contribution in [3.05, 3.63) is 84.7 Å². The van der Waals surface area contributed by atoms with Gasteiger partial charge in [-0.3, -0.25) is 9.78 Å². The molecule has 1 saturated carbocycles. The van der Waals surface area contributed by atoms with Gasteiger partial charge in [-0.2, -0.15) is 0 Å². The topological polar surface area (TPSA) is 126 Å². The minimum absolute atomic E-state index is 0. The molecule has 1 heterocycles. The highest BCUT2D eigenvalue weighted by atomic mass is 32.2. The van der Waals surface area contributed by atoms with E-state index in [9.17, 15) is 23.3 Å². The first-order valence-corrected chi connectivity index (χ1v) is 13.6. The molecule has 2 atom stereocenters. The average Bonchev–Trinajstić information content (AvgIpc) is 3.69. The van der Waals surface area contributed by atoms with Crippen molar-refractivity contribution < 1.29 is 28.0 Å². The Balaban J connectivity index is 0.00000380. The summed E-state index contributed by atoms with van der Waals surface area (Å²) in [6.07, 6.45) is 5.80.